The van der Waals surface area contributed by atoms with Gasteiger partial charge in [0.15, 0.2) is 0 Å². The third-order valence-corrected chi connectivity index (χ3v) is 5.04. The van der Waals surface area contributed by atoms with Crippen LogP contribution >= 0.6 is 11.8 Å². The van der Waals surface area contributed by atoms with Gasteiger partial charge in [0.2, 0.25) is 0 Å². The maximum atomic E-state index is 12.6. The molecule has 1 N–H and O–H groups in total. The number of nitrogens with one attached hydrogen (secondary N) is 1. The minimum Gasteiger partial charge on any atom is -0.381 e. The van der Waals surface area contributed by atoms with E-state index in [0.717, 1.165) is 36.2 Å². The molecule has 1 aliphatic heterocycles. The van der Waals surface area contributed by atoms with Crippen LogP contribution in [0.25, 0.3) is 0 Å². The molecule has 138 valence electrons. The van der Waals surface area contributed by atoms with Crippen LogP contribution in [0.3, 0.4) is 0 Å². The van der Waals surface area contributed by atoms with Gasteiger partial charge in [-0.1, -0.05) is 0 Å². The maximum Gasteiger partial charge on any atom is 0.256 e. The molecule has 1 fully saturated rings. The molecule has 26 heavy (non-hydrogen) atoms. The largest absolute Gasteiger partial charge is 0.381 e. The zero-order chi connectivity index (χ0) is 18.4. The highest BCUT2D eigenvalue weighted by Gasteiger charge is 2.19. The molecule has 1 aliphatic rings. The number of carbonyl (C=O) groups is 1. The second kappa shape index (κ2) is 8.95. The Hall–Kier alpha value is -2.19. The second-order valence-corrected chi connectivity index (χ2v) is 6.90. The van der Waals surface area contributed by atoms with Gasteiger partial charge in [-0.2, -0.15) is 0 Å². The lowest BCUT2D eigenvalue weighted by Crippen LogP contribution is -2.32. The van der Waals surface area contributed by atoms with E-state index in [9.17, 15) is 4.79 Å². The van der Waals surface area contributed by atoms with Crippen LogP contribution in [0.4, 0.5) is 5.82 Å². The van der Waals surface area contributed by atoms with E-state index < -0.39 is 0 Å². The van der Waals surface area contributed by atoms with Gasteiger partial charge in [-0.25, -0.2) is 15.0 Å². The molecule has 1 atom stereocenters. The van der Waals surface area contributed by atoms with E-state index in [2.05, 4.69) is 20.3 Å². The molecule has 1 unspecified atom stereocenters. The minimum absolute atomic E-state index is 0.0317. The van der Waals surface area contributed by atoms with Crippen LogP contribution in [0.1, 0.15) is 28.4 Å². The number of anilines is 1. The van der Waals surface area contributed by atoms with E-state index in [-0.39, 0.29) is 5.91 Å². The number of carbonyl (C=O) groups excluding carboxylic acids is 1. The average molecular weight is 373 g/mol. The molecular formula is C18H23N5O2S. The van der Waals surface area contributed by atoms with Gasteiger partial charge in [0.25, 0.3) is 5.91 Å². The third-order valence-electron chi connectivity index (χ3n) is 4.33. The van der Waals surface area contributed by atoms with Crippen LogP contribution in [0.5, 0.6) is 0 Å². The molecule has 0 spiro atoms. The minimum atomic E-state index is -0.0317. The number of hydrogen-bond acceptors (Lipinski definition) is 7. The van der Waals surface area contributed by atoms with Gasteiger partial charge in [-0.15, -0.1) is 11.8 Å². The molecule has 0 saturated carbocycles. The normalized spacial score (nSPS) is 16.5. The van der Waals surface area contributed by atoms with Gasteiger partial charge in [-0.3, -0.25) is 4.79 Å². The van der Waals surface area contributed by atoms with Crippen molar-refractivity contribution in [3.63, 3.8) is 0 Å². The molecule has 2 aromatic heterocycles. The molecular weight excluding hydrogens is 350 g/mol. The SMILES string of the molecule is CSc1ncccc1C(=O)N(C)CCNc1cc(C2CCOC2)ncn1. The molecule has 8 heteroatoms. The first-order chi connectivity index (χ1) is 12.7. The molecule has 3 rings (SSSR count). The number of likely N-dealkylation sites (N-methyl/N-ethyl adjacent to an activating group) is 1. The van der Waals surface area contributed by atoms with Crippen molar-refractivity contribution in [3.05, 3.63) is 42.0 Å². The third kappa shape index (κ3) is 4.50. The van der Waals surface area contributed by atoms with E-state index in [4.69, 9.17) is 4.74 Å². The number of aromatic nitrogens is 3. The summed E-state index contributed by atoms with van der Waals surface area (Å²) in [5.74, 6) is 1.09. The Morgan fingerprint density at radius 2 is 2.31 bits per heavy atom. The highest BCUT2D eigenvalue weighted by atomic mass is 32.2. The Labute approximate surface area is 157 Å². The van der Waals surface area contributed by atoms with Crippen molar-refractivity contribution in [3.8, 4) is 0 Å². The number of rotatable bonds is 7. The number of pyridine rings is 1. The van der Waals surface area contributed by atoms with E-state index >= 15 is 0 Å². The van der Waals surface area contributed by atoms with Crippen molar-refractivity contribution < 1.29 is 9.53 Å². The molecule has 2 aromatic rings. The zero-order valence-electron chi connectivity index (χ0n) is 15.0. The topological polar surface area (TPSA) is 80.2 Å². The van der Waals surface area contributed by atoms with E-state index in [1.54, 1.807) is 30.5 Å². The number of amides is 1. The second-order valence-electron chi connectivity index (χ2n) is 6.10. The van der Waals surface area contributed by atoms with E-state index in [0.29, 0.717) is 24.6 Å². The van der Waals surface area contributed by atoms with Crippen LogP contribution in [0, 0.1) is 0 Å². The monoisotopic (exact) mass is 373 g/mol. The first-order valence-corrected chi connectivity index (χ1v) is 9.79. The summed E-state index contributed by atoms with van der Waals surface area (Å²) < 4.78 is 5.42. The van der Waals surface area contributed by atoms with E-state index in [1.807, 2.05) is 18.4 Å². The van der Waals surface area contributed by atoms with Crippen LogP contribution in [0.2, 0.25) is 0 Å². The van der Waals surface area contributed by atoms with Gasteiger partial charge in [-0.05, 0) is 24.8 Å². The Bertz CT molecular complexity index is 752. The standard InChI is InChI=1S/C18H23N5O2S/c1-23(18(24)14-4-3-6-20-17(14)26-2)8-7-19-16-10-15(21-12-22-16)13-5-9-25-11-13/h3-4,6,10,12-13H,5,7-9,11H2,1-2H3,(H,19,21,22). The first kappa shape index (κ1) is 18.6. The highest BCUT2D eigenvalue weighted by Crippen LogP contribution is 2.24. The molecule has 0 aliphatic carbocycles. The molecule has 1 saturated heterocycles. The first-order valence-electron chi connectivity index (χ1n) is 8.57. The van der Waals surface area contributed by atoms with Crippen molar-refractivity contribution in [2.45, 2.75) is 17.4 Å². The molecule has 1 amide bonds. The fourth-order valence-corrected chi connectivity index (χ4v) is 3.38. The van der Waals surface area contributed by atoms with Gasteiger partial charge < -0.3 is 15.0 Å². The van der Waals surface area contributed by atoms with E-state index in [1.165, 1.54) is 11.8 Å². The van der Waals surface area contributed by atoms with Crippen molar-refractivity contribution in [2.75, 3.05) is 44.9 Å². The van der Waals surface area contributed by atoms with Crippen molar-refractivity contribution in [2.24, 2.45) is 0 Å². The molecule has 7 nitrogen and oxygen atoms in total. The Kier molecular flexibility index (Phi) is 6.40. The zero-order valence-corrected chi connectivity index (χ0v) is 15.8. The van der Waals surface area contributed by atoms with Crippen molar-refractivity contribution in [1.29, 1.82) is 0 Å². The number of nitrogens with zero attached hydrogens (tertiary/aromatic N) is 4. The lowest BCUT2D eigenvalue weighted by Gasteiger charge is -2.19. The fourth-order valence-electron chi connectivity index (χ4n) is 2.84. The lowest BCUT2D eigenvalue weighted by molar-refractivity contribution is 0.0796. The summed E-state index contributed by atoms with van der Waals surface area (Å²) in [4.78, 5) is 27.1. The quantitative estimate of drug-likeness (QED) is 0.746. The number of ether oxygens (including phenoxy) is 1. The number of hydrogen-bond donors (Lipinski definition) is 1. The molecule has 3 heterocycles. The highest BCUT2D eigenvalue weighted by molar-refractivity contribution is 7.98. The average Bonchev–Trinajstić information content (AvgIpc) is 3.22. The van der Waals surface area contributed by atoms with Gasteiger partial charge in [0.05, 0.1) is 17.9 Å². The van der Waals surface area contributed by atoms with Gasteiger partial charge in [0.1, 0.15) is 17.2 Å². The summed E-state index contributed by atoms with van der Waals surface area (Å²) in [5.41, 5.74) is 1.64. The smallest absolute Gasteiger partial charge is 0.256 e. The Balaban J connectivity index is 1.54. The predicted molar refractivity (Wildman–Crippen MR) is 102 cm³/mol. The van der Waals surface area contributed by atoms with Crippen LogP contribution < -0.4 is 5.32 Å². The van der Waals surface area contributed by atoms with Gasteiger partial charge in [0, 0.05) is 44.9 Å². The summed E-state index contributed by atoms with van der Waals surface area (Å²) in [6, 6.07) is 5.56. The maximum absolute atomic E-state index is 12.6. The Morgan fingerprint density at radius 3 is 3.08 bits per heavy atom. The van der Waals surface area contributed by atoms with Crippen LogP contribution in [-0.2, 0) is 4.74 Å². The molecule has 0 bridgehead atoms. The Morgan fingerprint density at radius 1 is 1.42 bits per heavy atom. The summed E-state index contributed by atoms with van der Waals surface area (Å²) in [6.45, 7) is 2.68. The lowest BCUT2D eigenvalue weighted by atomic mass is 10.1. The van der Waals surface area contributed by atoms with Gasteiger partial charge >= 0.3 is 0 Å². The molecule has 0 radical (unpaired) electrons. The summed E-state index contributed by atoms with van der Waals surface area (Å²) in [6.07, 6.45) is 6.19. The summed E-state index contributed by atoms with van der Waals surface area (Å²) in [7, 11) is 1.79. The summed E-state index contributed by atoms with van der Waals surface area (Å²) >= 11 is 1.47. The molecule has 0 aromatic carbocycles. The van der Waals surface area contributed by atoms with Crippen LogP contribution in [0.15, 0.2) is 35.7 Å². The van der Waals surface area contributed by atoms with Crippen molar-refractivity contribution in [1.82, 2.24) is 19.9 Å². The fraction of sp³-hybridized carbons (Fsp3) is 0.444. The number of thioether (sulfide) groups is 1. The summed E-state index contributed by atoms with van der Waals surface area (Å²) in [5, 5.41) is 4.01. The van der Waals surface area contributed by atoms with Crippen molar-refractivity contribution >= 4 is 23.5 Å². The predicted octanol–water partition coefficient (Wildman–Crippen LogP) is 2.28. The van der Waals surface area contributed by atoms with Crippen LogP contribution in [-0.4, -0.2) is 65.4 Å².